The molecule has 0 saturated carbocycles. The van der Waals surface area contributed by atoms with Gasteiger partial charge in [0.1, 0.15) is 0 Å². The summed E-state index contributed by atoms with van der Waals surface area (Å²) < 4.78 is 0. The number of aliphatic carboxylic acids is 1. The van der Waals surface area contributed by atoms with Gasteiger partial charge in [0, 0.05) is 36.0 Å². The summed E-state index contributed by atoms with van der Waals surface area (Å²) in [4.78, 5) is 24.9. The molecule has 0 amide bonds. The summed E-state index contributed by atoms with van der Waals surface area (Å²) in [5.74, 6) is -0.888. The number of carbonyl (C=O) groups is 1. The first-order valence-electron chi connectivity index (χ1n) is 6.18. The highest BCUT2D eigenvalue weighted by molar-refractivity contribution is 7.09. The van der Waals surface area contributed by atoms with Gasteiger partial charge in [-0.2, -0.15) is 0 Å². The van der Waals surface area contributed by atoms with Crippen LogP contribution < -0.4 is 5.32 Å². The Morgan fingerprint density at radius 3 is 2.71 bits per heavy atom. The Labute approximate surface area is 124 Å². The average molecular weight is 307 g/mol. The Balaban J connectivity index is 1.96. The van der Waals surface area contributed by atoms with Crippen LogP contribution in [0.2, 0.25) is 0 Å². The molecule has 7 nitrogen and oxygen atoms in total. The molecule has 1 aromatic carbocycles. The smallest absolute Gasteiger partial charge is 0.317 e. The lowest BCUT2D eigenvalue weighted by Gasteiger charge is -1.99. The fourth-order valence-electron chi connectivity index (χ4n) is 1.70. The number of hydrogen-bond donors (Lipinski definition) is 2. The van der Waals surface area contributed by atoms with Crippen LogP contribution in [0.25, 0.3) is 11.3 Å². The van der Waals surface area contributed by atoms with Gasteiger partial charge in [-0.3, -0.25) is 14.9 Å². The highest BCUT2D eigenvalue weighted by atomic mass is 32.1. The largest absolute Gasteiger partial charge is 0.480 e. The van der Waals surface area contributed by atoms with Gasteiger partial charge >= 0.3 is 5.97 Å². The molecule has 0 fully saturated rings. The van der Waals surface area contributed by atoms with Crippen LogP contribution in [0.4, 0.5) is 5.69 Å². The van der Waals surface area contributed by atoms with Gasteiger partial charge in [0.15, 0.2) is 0 Å². The molecule has 110 valence electrons. The van der Waals surface area contributed by atoms with Crippen LogP contribution in [0.15, 0.2) is 29.6 Å². The first-order chi connectivity index (χ1) is 10.1. The minimum Gasteiger partial charge on any atom is -0.480 e. The van der Waals surface area contributed by atoms with Gasteiger partial charge in [-0.05, 0) is 12.1 Å². The van der Waals surface area contributed by atoms with E-state index in [1.807, 2.05) is 5.38 Å². The predicted molar refractivity (Wildman–Crippen MR) is 78.4 cm³/mol. The summed E-state index contributed by atoms with van der Waals surface area (Å²) in [6.07, 6.45) is 0.644. The Morgan fingerprint density at radius 2 is 2.10 bits per heavy atom. The van der Waals surface area contributed by atoms with Crippen LogP contribution in [-0.2, 0) is 11.2 Å². The normalized spacial score (nSPS) is 10.5. The van der Waals surface area contributed by atoms with Crippen molar-refractivity contribution in [1.29, 1.82) is 0 Å². The number of non-ortho nitro benzene ring substituents is 1. The number of carboxylic acids is 1. The maximum Gasteiger partial charge on any atom is 0.317 e. The van der Waals surface area contributed by atoms with Crippen molar-refractivity contribution in [2.45, 2.75) is 6.42 Å². The van der Waals surface area contributed by atoms with Crippen molar-refractivity contribution in [1.82, 2.24) is 10.3 Å². The number of benzene rings is 1. The summed E-state index contributed by atoms with van der Waals surface area (Å²) in [6.45, 7) is 0.472. The molecule has 0 unspecified atom stereocenters. The third-order valence-corrected chi connectivity index (χ3v) is 3.63. The molecule has 21 heavy (non-hydrogen) atoms. The first kappa shape index (κ1) is 15.1. The van der Waals surface area contributed by atoms with E-state index in [9.17, 15) is 14.9 Å². The Kier molecular flexibility index (Phi) is 4.96. The van der Waals surface area contributed by atoms with E-state index in [1.165, 1.54) is 23.5 Å². The average Bonchev–Trinajstić information content (AvgIpc) is 2.92. The third-order valence-electron chi connectivity index (χ3n) is 2.72. The number of carboxylic acid groups (broad SMARTS) is 1. The van der Waals surface area contributed by atoms with Crippen LogP contribution in [0.5, 0.6) is 0 Å². The zero-order chi connectivity index (χ0) is 15.2. The van der Waals surface area contributed by atoms with E-state index < -0.39 is 10.9 Å². The van der Waals surface area contributed by atoms with E-state index in [0.717, 1.165) is 16.3 Å². The van der Waals surface area contributed by atoms with Crippen LogP contribution in [0.3, 0.4) is 0 Å². The number of aromatic nitrogens is 1. The van der Waals surface area contributed by atoms with Gasteiger partial charge < -0.3 is 10.4 Å². The summed E-state index contributed by atoms with van der Waals surface area (Å²) in [7, 11) is 0. The highest BCUT2D eigenvalue weighted by Gasteiger charge is 2.08. The molecule has 0 atom stereocenters. The van der Waals surface area contributed by atoms with E-state index in [1.54, 1.807) is 12.1 Å². The van der Waals surface area contributed by atoms with Crippen molar-refractivity contribution in [3.8, 4) is 11.3 Å². The minimum atomic E-state index is -0.888. The van der Waals surface area contributed by atoms with E-state index >= 15 is 0 Å². The second-order valence-corrected chi connectivity index (χ2v) is 5.19. The van der Waals surface area contributed by atoms with Gasteiger partial charge in [-0.15, -0.1) is 11.3 Å². The molecule has 0 aliphatic carbocycles. The molecular weight excluding hydrogens is 294 g/mol. The van der Waals surface area contributed by atoms with Gasteiger partial charge in [-0.1, -0.05) is 0 Å². The van der Waals surface area contributed by atoms with E-state index in [2.05, 4.69) is 10.3 Å². The van der Waals surface area contributed by atoms with Crippen LogP contribution in [0, 0.1) is 10.1 Å². The van der Waals surface area contributed by atoms with Crippen molar-refractivity contribution in [3.05, 3.63) is 44.8 Å². The third kappa shape index (κ3) is 4.33. The number of nitrogens with zero attached hydrogens (tertiary/aromatic N) is 2. The lowest BCUT2D eigenvalue weighted by atomic mass is 10.1. The summed E-state index contributed by atoms with van der Waals surface area (Å²) in [5, 5.41) is 24.7. The topological polar surface area (TPSA) is 105 Å². The number of rotatable bonds is 7. The first-order valence-corrected chi connectivity index (χ1v) is 7.06. The molecule has 2 rings (SSSR count). The van der Waals surface area contributed by atoms with Crippen molar-refractivity contribution in [3.63, 3.8) is 0 Å². The summed E-state index contributed by atoms with van der Waals surface area (Å²) in [6, 6.07) is 6.23. The van der Waals surface area contributed by atoms with Crippen molar-refractivity contribution in [2.75, 3.05) is 13.1 Å². The molecule has 8 heteroatoms. The zero-order valence-corrected chi connectivity index (χ0v) is 11.8. The molecule has 0 aliphatic rings. The summed E-state index contributed by atoms with van der Waals surface area (Å²) >= 11 is 1.48. The molecular formula is C13H13N3O4S. The molecule has 0 aliphatic heterocycles. The van der Waals surface area contributed by atoms with Crippen LogP contribution in [0.1, 0.15) is 5.01 Å². The standard InChI is InChI=1S/C13H13N3O4S/c17-13(18)7-14-6-5-12-15-11(8-21-12)9-1-3-10(4-2-9)16(19)20/h1-4,8,14H,5-7H2,(H,17,18). The van der Waals surface area contributed by atoms with Crippen molar-refractivity contribution in [2.24, 2.45) is 0 Å². The minimum absolute atomic E-state index is 0.0482. The number of nitrogens with one attached hydrogen (secondary N) is 1. The maximum absolute atomic E-state index is 10.6. The SMILES string of the molecule is O=C(O)CNCCc1nc(-c2ccc([N+](=O)[O-])cc2)cs1. The van der Waals surface area contributed by atoms with E-state index in [-0.39, 0.29) is 12.2 Å². The monoisotopic (exact) mass is 307 g/mol. The molecule has 2 N–H and O–H groups in total. The molecule has 1 aromatic heterocycles. The Bertz CT molecular complexity index is 639. The fourth-order valence-corrected chi connectivity index (χ4v) is 2.51. The lowest BCUT2D eigenvalue weighted by Crippen LogP contribution is -2.24. The Hall–Kier alpha value is -2.32. The van der Waals surface area contributed by atoms with Gasteiger partial charge in [-0.25, -0.2) is 4.98 Å². The van der Waals surface area contributed by atoms with Gasteiger partial charge in [0.05, 0.1) is 22.2 Å². The Morgan fingerprint density at radius 1 is 1.38 bits per heavy atom. The van der Waals surface area contributed by atoms with Crippen LogP contribution >= 0.6 is 11.3 Å². The van der Waals surface area contributed by atoms with E-state index in [0.29, 0.717) is 13.0 Å². The fraction of sp³-hybridized carbons (Fsp3) is 0.231. The van der Waals surface area contributed by atoms with Crippen molar-refractivity contribution >= 4 is 23.0 Å². The van der Waals surface area contributed by atoms with Gasteiger partial charge in [0.2, 0.25) is 0 Å². The van der Waals surface area contributed by atoms with Crippen molar-refractivity contribution < 1.29 is 14.8 Å². The molecule has 0 radical (unpaired) electrons. The highest BCUT2D eigenvalue weighted by Crippen LogP contribution is 2.24. The molecule has 1 heterocycles. The number of nitro groups is 1. The molecule has 2 aromatic rings. The number of hydrogen-bond acceptors (Lipinski definition) is 6. The predicted octanol–water partition coefficient (Wildman–Crippen LogP) is 1.94. The van der Waals surface area contributed by atoms with Crippen LogP contribution in [-0.4, -0.2) is 34.1 Å². The number of thiazole rings is 1. The maximum atomic E-state index is 10.6. The molecule has 0 saturated heterocycles. The second kappa shape index (κ2) is 6.91. The van der Waals surface area contributed by atoms with Gasteiger partial charge in [0.25, 0.3) is 5.69 Å². The molecule has 0 bridgehead atoms. The zero-order valence-electron chi connectivity index (χ0n) is 11.0. The number of nitro benzene ring substituents is 1. The second-order valence-electron chi connectivity index (χ2n) is 4.25. The molecule has 0 spiro atoms. The summed E-state index contributed by atoms with van der Waals surface area (Å²) in [5.41, 5.74) is 1.64. The lowest BCUT2D eigenvalue weighted by molar-refractivity contribution is -0.384. The quantitative estimate of drug-likeness (QED) is 0.460. The van der Waals surface area contributed by atoms with E-state index in [4.69, 9.17) is 5.11 Å².